The minimum Gasteiger partial charge on any atom is -0.348 e. The highest BCUT2D eigenvalue weighted by Crippen LogP contribution is 2.47. The number of nitrogens with zero attached hydrogens (tertiary/aromatic N) is 4. The van der Waals surface area contributed by atoms with Crippen LogP contribution in [0.25, 0.3) is 21.8 Å². The highest BCUT2D eigenvalue weighted by molar-refractivity contribution is 7.19. The van der Waals surface area contributed by atoms with E-state index in [-0.39, 0.29) is 0 Å². The van der Waals surface area contributed by atoms with E-state index in [2.05, 4.69) is 59.3 Å². The third kappa shape index (κ3) is 3.44. The number of thiazole rings is 1. The molecule has 143 valence electrons. The number of piperidine rings is 1. The van der Waals surface area contributed by atoms with E-state index < -0.39 is 0 Å². The summed E-state index contributed by atoms with van der Waals surface area (Å²) in [4.78, 5) is 17.6. The van der Waals surface area contributed by atoms with Crippen LogP contribution >= 0.6 is 11.3 Å². The molecule has 2 aliphatic rings. The largest absolute Gasteiger partial charge is 0.348 e. The maximum absolute atomic E-state index is 5.14. The lowest BCUT2D eigenvalue weighted by molar-refractivity contribution is 0.438. The second-order valence-electron chi connectivity index (χ2n) is 8.26. The van der Waals surface area contributed by atoms with E-state index >= 15 is 0 Å². The predicted octanol–water partition coefficient (Wildman–Crippen LogP) is 5.49. The first-order chi connectivity index (χ1) is 13.7. The fraction of sp³-hybridized carbons (Fsp3) is 0.435. The lowest BCUT2D eigenvalue weighted by atomic mass is 10.00. The summed E-state index contributed by atoms with van der Waals surface area (Å²) in [5.74, 6) is 1.40. The van der Waals surface area contributed by atoms with E-state index in [9.17, 15) is 0 Å². The first kappa shape index (κ1) is 17.8. The Hall–Kier alpha value is -2.27. The number of aromatic nitrogens is 3. The molecule has 1 radical (unpaired) electrons. The lowest BCUT2D eigenvalue weighted by Gasteiger charge is -2.29. The van der Waals surface area contributed by atoms with Gasteiger partial charge in [-0.2, -0.15) is 0 Å². The Balaban J connectivity index is 1.62. The molecule has 0 bridgehead atoms. The molecule has 1 aromatic carbocycles. The van der Waals surface area contributed by atoms with Crippen LogP contribution in [0.4, 0.5) is 5.13 Å². The van der Waals surface area contributed by atoms with Gasteiger partial charge in [-0.1, -0.05) is 42.0 Å². The minimum absolute atomic E-state index is 0.594. The van der Waals surface area contributed by atoms with Gasteiger partial charge >= 0.3 is 0 Å². The van der Waals surface area contributed by atoms with Crippen molar-refractivity contribution in [1.82, 2.24) is 15.0 Å². The van der Waals surface area contributed by atoms with Gasteiger partial charge in [0.2, 0.25) is 0 Å². The standard InChI is InChI=1S/C23H25N4S/c1-15-8-10-27(11-9-15)23-26-20(18-5-3-4-16(2)12-18)22(28-23)21-19(17-6-7-17)13-24-14-25-21/h3-5,12-13,15,17H,6-11H2,1-2H3. The molecule has 0 unspecified atom stereocenters. The minimum atomic E-state index is 0.594. The highest BCUT2D eigenvalue weighted by atomic mass is 32.1. The first-order valence-electron chi connectivity index (χ1n) is 10.2. The molecule has 2 aromatic heterocycles. The average Bonchev–Trinajstić information content (AvgIpc) is 3.47. The molecule has 2 fully saturated rings. The molecule has 5 rings (SSSR count). The van der Waals surface area contributed by atoms with E-state index in [0.717, 1.165) is 35.5 Å². The van der Waals surface area contributed by atoms with Gasteiger partial charge < -0.3 is 4.90 Å². The summed E-state index contributed by atoms with van der Waals surface area (Å²) in [7, 11) is 0. The molecular weight excluding hydrogens is 364 g/mol. The molecular formula is C23H25N4S. The van der Waals surface area contributed by atoms with Crippen molar-refractivity contribution in [1.29, 1.82) is 0 Å². The number of hydrogen-bond acceptors (Lipinski definition) is 5. The summed E-state index contributed by atoms with van der Waals surface area (Å²) in [6.07, 6.45) is 9.74. The Bertz CT molecular complexity index is 984. The van der Waals surface area contributed by atoms with E-state index in [4.69, 9.17) is 4.98 Å². The normalized spacial score (nSPS) is 17.9. The summed E-state index contributed by atoms with van der Waals surface area (Å²) in [6, 6.07) is 8.64. The Morgan fingerprint density at radius 3 is 2.68 bits per heavy atom. The monoisotopic (exact) mass is 389 g/mol. The second-order valence-corrected chi connectivity index (χ2v) is 9.24. The first-order valence-corrected chi connectivity index (χ1v) is 11.1. The zero-order valence-electron chi connectivity index (χ0n) is 16.5. The van der Waals surface area contributed by atoms with Crippen molar-refractivity contribution in [3.63, 3.8) is 0 Å². The van der Waals surface area contributed by atoms with E-state index in [1.54, 1.807) is 11.3 Å². The number of benzene rings is 1. The zero-order valence-corrected chi connectivity index (χ0v) is 17.3. The van der Waals surface area contributed by atoms with Crippen LogP contribution in [0.2, 0.25) is 0 Å². The average molecular weight is 390 g/mol. The van der Waals surface area contributed by atoms with E-state index in [1.807, 2.05) is 6.20 Å². The van der Waals surface area contributed by atoms with Crippen LogP contribution in [0, 0.1) is 19.2 Å². The molecule has 0 amide bonds. The van der Waals surface area contributed by atoms with E-state index in [1.165, 1.54) is 47.3 Å². The van der Waals surface area contributed by atoms with Crippen LogP contribution in [0.3, 0.4) is 0 Å². The van der Waals surface area contributed by atoms with E-state index in [0.29, 0.717) is 5.92 Å². The molecule has 1 saturated heterocycles. The third-order valence-electron chi connectivity index (χ3n) is 5.89. The number of hydrogen-bond donors (Lipinski definition) is 0. The van der Waals surface area contributed by atoms with Crippen LogP contribution in [0.1, 0.15) is 49.7 Å². The molecule has 0 spiro atoms. The topological polar surface area (TPSA) is 41.9 Å². The van der Waals surface area contributed by atoms with Crippen LogP contribution < -0.4 is 4.90 Å². The van der Waals surface area contributed by atoms with Gasteiger partial charge in [0.25, 0.3) is 0 Å². The van der Waals surface area contributed by atoms with Crippen molar-refractivity contribution >= 4 is 16.5 Å². The van der Waals surface area contributed by atoms with Crippen molar-refractivity contribution in [2.75, 3.05) is 18.0 Å². The SMILES string of the molecule is Cc1cccc(-c2nc(N3CCC(C)CC3)sc2-c2n[c]ncc2C2CC2)c1. The van der Waals surface area contributed by atoms with Gasteiger partial charge in [-0.3, -0.25) is 0 Å². The van der Waals surface area contributed by atoms with Crippen LogP contribution in [0.5, 0.6) is 0 Å². The molecule has 0 atom stereocenters. The van der Waals surface area contributed by atoms with Gasteiger partial charge in [0.05, 0.1) is 16.3 Å². The van der Waals surface area contributed by atoms with Crippen molar-refractivity contribution in [3.8, 4) is 21.8 Å². The lowest BCUT2D eigenvalue weighted by Crippen LogP contribution is -2.32. The number of anilines is 1. The zero-order chi connectivity index (χ0) is 19.1. The Morgan fingerprint density at radius 1 is 1.11 bits per heavy atom. The fourth-order valence-electron chi connectivity index (χ4n) is 3.97. The molecule has 5 heteroatoms. The Kier molecular flexibility index (Phi) is 4.63. The molecule has 28 heavy (non-hydrogen) atoms. The summed E-state index contributed by atoms with van der Waals surface area (Å²) >= 11 is 1.78. The summed E-state index contributed by atoms with van der Waals surface area (Å²) in [5.41, 5.74) is 5.76. The molecule has 3 heterocycles. The van der Waals surface area contributed by atoms with Crippen LogP contribution in [-0.4, -0.2) is 28.0 Å². The van der Waals surface area contributed by atoms with Gasteiger partial charge in [-0.15, -0.1) is 0 Å². The van der Waals surface area contributed by atoms with Crippen molar-refractivity contribution in [3.05, 3.63) is 47.9 Å². The van der Waals surface area contributed by atoms with Crippen molar-refractivity contribution in [2.24, 2.45) is 5.92 Å². The molecule has 0 N–H and O–H groups in total. The predicted molar refractivity (Wildman–Crippen MR) is 115 cm³/mol. The summed E-state index contributed by atoms with van der Waals surface area (Å²) in [6.45, 7) is 6.66. The second kappa shape index (κ2) is 7.28. The quantitative estimate of drug-likeness (QED) is 0.592. The Morgan fingerprint density at radius 2 is 1.93 bits per heavy atom. The van der Waals surface area contributed by atoms with Gasteiger partial charge in [-0.25, -0.2) is 15.0 Å². The molecule has 1 aliphatic carbocycles. The van der Waals surface area contributed by atoms with Gasteiger partial charge in [0.1, 0.15) is 0 Å². The van der Waals surface area contributed by atoms with Crippen molar-refractivity contribution in [2.45, 2.75) is 45.4 Å². The third-order valence-corrected chi connectivity index (χ3v) is 7.01. The molecule has 1 saturated carbocycles. The summed E-state index contributed by atoms with van der Waals surface area (Å²) < 4.78 is 0. The number of rotatable bonds is 4. The fourth-order valence-corrected chi connectivity index (χ4v) is 5.12. The molecule has 1 aliphatic heterocycles. The van der Waals surface area contributed by atoms with Gasteiger partial charge in [0, 0.05) is 30.4 Å². The smallest absolute Gasteiger partial charge is 0.198 e. The maximum Gasteiger partial charge on any atom is 0.198 e. The molecule has 3 aromatic rings. The van der Waals surface area contributed by atoms with Gasteiger partial charge in [-0.05, 0) is 50.5 Å². The highest BCUT2D eigenvalue weighted by Gasteiger charge is 2.30. The number of aryl methyl sites for hydroxylation is 1. The van der Waals surface area contributed by atoms with Crippen LogP contribution in [-0.2, 0) is 0 Å². The van der Waals surface area contributed by atoms with Crippen molar-refractivity contribution < 1.29 is 0 Å². The maximum atomic E-state index is 5.14. The Labute approximate surface area is 170 Å². The van der Waals surface area contributed by atoms with Crippen LogP contribution in [0.15, 0.2) is 30.5 Å². The van der Waals surface area contributed by atoms with Gasteiger partial charge in [0.15, 0.2) is 11.5 Å². The summed E-state index contributed by atoms with van der Waals surface area (Å²) in [5, 5.41) is 1.12. The molecule has 4 nitrogen and oxygen atoms in total.